The predicted molar refractivity (Wildman–Crippen MR) is 172 cm³/mol. The van der Waals surface area contributed by atoms with Gasteiger partial charge in [-0.1, -0.05) is 63.9 Å². The van der Waals surface area contributed by atoms with Crippen LogP contribution in [0.25, 0.3) is 0 Å². The normalized spacial score (nSPS) is 21.5. The van der Waals surface area contributed by atoms with Crippen molar-refractivity contribution in [2.24, 2.45) is 23.7 Å². The Kier molecular flexibility index (Phi) is 11.9. The minimum absolute atomic E-state index is 0.00870. The molecular weight excluding hydrogens is 576 g/mol. The number of amides is 2. The lowest BCUT2D eigenvalue weighted by Gasteiger charge is -2.30. The van der Waals surface area contributed by atoms with E-state index in [0.717, 1.165) is 31.1 Å². The Balaban J connectivity index is 1.55. The number of rotatable bonds is 16. The molecule has 9 heteroatoms. The summed E-state index contributed by atoms with van der Waals surface area (Å²) in [7, 11) is -3.61. The van der Waals surface area contributed by atoms with Crippen LogP contribution in [0.15, 0.2) is 53.4 Å². The van der Waals surface area contributed by atoms with Crippen LogP contribution in [0, 0.1) is 23.7 Å². The fourth-order valence-corrected chi connectivity index (χ4v) is 7.36. The number of fused-ring (bicyclic) bond motifs is 2. The first kappa shape index (κ1) is 34.0. The summed E-state index contributed by atoms with van der Waals surface area (Å²) >= 11 is 0. The summed E-state index contributed by atoms with van der Waals surface area (Å²) in [5, 5.41) is 18.0. The van der Waals surface area contributed by atoms with Crippen LogP contribution < -0.4 is 15.4 Å². The molecule has 2 aliphatic rings. The van der Waals surface area contributed by atoms with Gasteiger partial charge in [0.15, 0.2) is 9.84 Å². The van der Waals surface area contributed by atoms with Gasteiger partial charge in [-0.15, -0.1) is 0 Å². The third-order valence-corrected chi connectivity index (χ3v) is 10.3. The first-order valence-corrected chi connectivity index (χ1v) is 18.1. The summed E-state index contributed by atoms with van der Waals surface area (Å²) in [6, 6.07) is 13.4. The zero-order valence-electron chi connectivity index (χ0n) is 26.6. The van der Waals surface area contributed by atoms with Crippen molar-refractivity contribution >= 4 is 21.7 Å². The summed E-state index contributed by atoms with van der Waals surface area (Å²) < 4.78 is 30.5. The molecule has 0 spiro atoms. The minimum atomic E-state index is -3.61. The maximum atomic E-state index is 13.6. The molecule has 2 aromatic carbocycles. The minimum Gasteiger partial charge on any atom is -0.494 e. The van der Waals surface area contributed by atoms with Crippen molar-refractivity contribution in [3.8, 4) is 5.75 Å². The Bertz CT molecular complexity index is 1360. The Morgan fingerprint density at radius 2 is 1.80 bits per heavy atom. The summed E-state index contributed by atoms with van der Waals surface area (Å²) in [5.74, 6) is 1.07. The second-order valence-electron chi connectivity index (χ2n) is 13.3. The molecule has 44 heavy (non-hydrogen) atoms. The molecule has 2 bridgehead atoms. The van der Waals surface area contributed by atoms with Crippen LogP contribution >= 0.6 is 0 Å². The highest BCUT2D eigenvalue weighted by Gasteiger charge is 2.41. The van der Waals surface area contributed by atoms with Crippen LogP contribution in [0.2, 0.25) is 0 Å². The fourth-order valence-electron chi connectivity index (χ4n) is 6.69. The van der Waals surface area contributed by atoms with Gasteiger partial charge in [-0.2, -0.15) is 0 Å². The molecule has 3 unspecified atom stereocenters. The SMILES string of the molecule is CCCOc1cc(C(=O)N[C@@H](Cc2ccccc2)[C@H](O)C[C@@H](CCC(C)C)C(=O)NC2CC3CCC2C3)cc(S(C)(=O)=O)c1. The van der Waals surface area contributed by atoms with Gasteiger partial charge in [0.05, 0.1) is 23.6 Å². The van der Waals surface area contributed by atoms with Crippen molar-refractivity contribution in [1.82, 2.24) is 10.6 Å². The standard InChI is InChI=1S/C35H50N2O6S/c1-5-15-43-29-19-28(20-30(22-29)44(4,41)42)35(40)37-32(17-24-9-7-6-8-10-24)33(38)21-27(13-11-23(2)3)34(39)36-31-18-25-12-14-26(31)16-25/h6-10,19-20,22-23,25-27,31-33,38H,5,11-18,21H2,1-4H3,(H,36,39)(H,37,40)/t25?,26?,27-,31?,32+,33-/m1/s1. The predicted octanol–water partition coefficient (Wildman–Crippen LogP) is 5.33. The van der Waals surface area contributed by atoms with E-state index in [1.807, 2.05) is 37.3 Å². The maximum absolute atomic E-state index is 13.6. The summed E-state index contributed by atoms with van der Waals surface area (Å²) in [6.07, 6.45) is 7.56. The highest BCUT2D eigenvalue weighted by molar-refractivity contribution is 7.90. The average Bonchev–Trinajstić information content (AvgIpc) is 3.61. The van der Waals surface area contributed by atoms with E-state index in [1.165, 1.54) is 37.5 Å². The molecule has 242 valence electrons. The number of hydrogen-bond donors (Lipinski definition) is 3. The van der Waals surface area contributed by atoms with Crippen LogP contribution in [0.5, 0.6) is 5.75 Å². The lowest BCUT2D eigenvalue weighted by Crippen LogP contribution is -2.48. The second kappa shape index (κ2) is 15.4. The molecule has 2 aromatic rings. The molecule has 2 aliphatic carbocycles. The van der Waals surface area contributed by atoms with Gasteiger partial charge in [0.1, 0.15) is 5.75 Å². The number of carbonyl (C=O) groups is 2. The number of aliphatic hydroxyl groups excluding tert-OH is 1. The van der Waals surface area contributed by atoms with Crippen LogP contribution in [0.3, 0.4) is 0 Å². The highest BCUT2D eigenvalue weighted by Crippen LogP contribution is 2.44. The summed E-state index contributed by atoms with van der Waals surface area (Å²) in [5.41, 5.74) is 1.06. The van der Waals surface area contributed by atoms with E-state index in [2.05, 4.69) is 24.5 Å². The van der Waals surface area contributed by atoms with Crippen molar-refractivity contribution in [2.45, 2.75) is 102 Å². The number of benzene rings is 2. The zero-order chi connectivity index (χ0) is 31.9. The van der Waals surface area contributed by atoms with Gasteiger partial charge in [0.25, 0.3) is 5.91 Å². The van der Waals surface area contributed by atoms with E-state index >= 15 is 0 Å². The molecule has 2 amide bonds. The number of nitrogens with one attached hydrogen (secondary N) is 2. The molecule has 3 N–H and O–H groups in total. The van der Waals surface area contributed by atoms with Crippen LogP contribution in [0.4, 0.5) is 0 Å². The smallest absolute Gasteiger partial charge is 0.251 e. The van der Waals surface area contributed by atoms with Crippen molar-refractivity contribution in [1.29, 1.82) is 0 Å². The second-order valence-corrected chi connectivity index (χ2v) is 15.4. The quantitative estimate of drug-likeness (QED) is 0.232. The van der Waals surface area contributed by atoms with Gasteiger partial charge in [-0.3, -0.25) is 9.59 Å². The van der Waals surface area contributed by atoms with Crippen molar-refractivity contribution in [3.63, 3.8) is 0 Å². The van der Waals surface area contributed by atoms with E-state index in [1.54, 1.807) is 0 Å². The van der Waals surface area contributed by atoms with Crippen molar-refractivity contribution < 1.29 is 27.9 Å². The lowest BCUT2D eigenvalue weighted by atomic mass is 9.87. The molecule has 0 heterocycles. The molecule has 0 saturated heterocycles. The van der Waals surface area contributed by atoms with Crippen LogP contribution in [0.1, 0.15) is 88.1 Å². The molecule has 8 nitrogen and oxygen atoms in total. The summed E-state index contributed by atoms with van der Waals surface area (Å²) in [4.78, 5) is 27.3. The van der Waals surface area contributed by atoms with Crippen LogP contribution in [-0.2, 0) is 21.1 Å². The van der Waals surface area contributed by atoms with Crippen molar-refractivity contribution in [3.05, 3.63) is 59.7 Å². The third-order valence-electron chi connectivity index (χ3n) is 9.18. The highest BCUT2D eigenvalue weighted by atomic mass is 32.2. The van der Waals surface area contributed by atoms with E-state index in [4.69, 9.17) is 4.74 Å². The largest absolute Gasteiger partial charge is 0.494 e. The first-order chi connectivity index (χ1) is 20.9. The number of ether oxygens (including phenoxy) is 1. The van der Waals surface area contributed by atoms with Gasteiger partial charge >= 0.3 is 0 Å². The Morgan fingerprint density at radius 1 is 1.05 bits per heavy atom. The van der Waals surface area contributed by atoms with E-state index < -0.39 is 27.9 Å². The Hall–Kier alpha value is -2.91. The van der Waals surface area contributed by atoms with Gasteiger partial charge in [0, 0.05) is 23.8 Å². The molecule has 0 aliphatic heterocycles. The van der Waals surface area contributed by atoms with Crippen LogP contribution in [-0.4, -0.2) is 56.4 Å². The van der Waals surface area contributed by atoms with E-state index in [0.29, 0.717) is 43.0 Å². The van der Waals surface area contributed by atoms with Gasteiger partial charge in [-0.05, 0) is 86.5 Å². The summed E-state index contributed by atoms with van der Waals surface area (Å²) in [6.45, 7) is 6.58. The van der Waals surface area contributed by atoms with Gasteiger partial charge < -0.3 is 20.5 Å². The van der Waals surface area contributed by atoms with Crippen molar-refractivity contribution in [2.75, 3.05) is 12.9 Å². The molecule has 2 saturated carbocycles. The first-order valence-electron chi connectivity index (χ1n) is 16.2. The monoisotopic (exact) mass is 626 g/mol. The lowest BCUT2D eigenvalue weighted by molar-refractivity contribution is -0.127. The number of carbonyl (C=O) groups excluding carboxylic acids is 2. The molecule has 2 fully saturated rings. The molecule has 0 aromatic heterocycles. The average molecular weight is 627 g/mol. The molecule has 4 rings (SSSR count). The van der Waals surface area contributed by atoms with Gasteiger partial charge in [-0.25, -0.2) is 8.42 Å². The van der Waals surface area contributed by atoms with E-state index in [-0.39, 0.29) is 34.7 Å². The van der Waals surface area contributed by atoms with E-state index in [9.17, 15) is 23.1 Å². The third kappa shape index (κ3) is 9.54. The Morgan fingerprint density at radius 3 is 2.41 bits per heavy atom. The maximum Gasteiger partial charge on any atom is 0.251 e. The molecule has 0 radical (unpaired) electrons. The fraction of sp³-hybridized carbons (Fsp3) is 0.600. The molecular formula is C35H50N2O6S. The number of aliphatic hydroxyl groups is 1. The Labute approximate surface area is 263 Å². The van der Waals surface area contributed by atoms with Gasteiger partial charge in [0.2, 0.25) is 5.91 Å². The molecule has 6 atom stereocenters. The number of hydrogen-bond acceptors (Lipinski definition) is 6. The number of sulfone groups is 1. The topological polar surface area (TPSA) is 122 Å². The zero-order valence-corrected chi connectivity index (χ0v) is 27.4.